The molecule has 0 bridgehead atoms. The molecule has 0 aliphatic carbocycles. The van der Waals surface area contributed by atoms with E-state index < -0.39 is 0 Å². The average molecular weight is 237 g/mol. The Balaban J connectivity index is 2.94. The molecule has 1 aromatic rings. The van der Waals surface area contributed by atoms with Gasteiger partial charge in [0.05, 0.1) is 0 Å². The van der Waals surface area contributed by atoms with E-state index in [9.17, 15) is 0 Å². The van der Waals surface area contributed by atoms with Crippen molar-refractivity contribution in [1.29, 1.82) is 0 Å². The summed E-state index contributed by atoms with van der Waals surface area (Å²) in [6.45, 7) is 4.13. The number of benzene rings is 1. The Morgan fingerprint density at radius 3 is 2.77 bits per heavy atom. The first-order valence-electron chi connectivity index (χ1n) is 4.29. The van der Waals surface area contributed by atoms with E-state index in [0.29, 0.717) is 0 Å². The summed E-state index contributed by atoms with van der Waals surface area (Å²) in [5, 5.41) is 0. The molecular weight excluding hydrogens is 224 g/mol. The molecule has 0 saturated carbocycles. The zero-order valence-corrected chi connectivity index (χ0v) is 9.51. The third-order valence-corrected chi connectivity index (χ3v) is 2.31. The molecule has 68 valence electrons. The lowest BCUT2D eigenvalue weighted by Crippen LogP contribution is -1.77. The van der Waals surface area contributed by atoms with Crippen LogP contribution in [0.15, 0.2) is 47.0 Å². The Kier molecular flexibility index (Phi) is 3.97. The second kappa shape index (κ2) is 5.03. The van der Waals surface area contributed by atoms with Crippen LogP contribution in [0.4, 0.5) is 0 Å². The van der Waals surface area contributed by atoms with E-state index in [1.54, 1.807) is 0 Å². The smallest absolute Gasteiger partial charge is 0.0181 e. The second-order valence-electron chi connectivity index (χ2n) is 2.89. The molecule has 0 aliphatic heterocycles. The lowest BCUT2D eigenvalue weighted by atomic mass is 10.1. The number of allylic oxidation sites excluding steroid dienone is 4. The third kappa shape index (κ3) is 3.19. The van der Waals surface area contributed by atoms with E-state index in [1.807, 2.05) is 25.1 Å². The van der Waals surface area contributed by atoms with Crippen LogP contribution in [-0.4, -0.2) is 0 Å². The minimum absolute atomic E-state index is 1.12. The Morgan fingerprint density at radius 2 is 2.15 bits per heavy atom. The van der Waals surface area contributed by atoms with Crippen molar-refractivity contribution in [2.75, 3.05) is 0 Å². The average Bonchev–Trinajstić information content (AvgIpc) is 2.14. The highest BCUT2D eigenvalue weighted by Crippen LogP contribution is 2.18. The number of rotatable bonds is 2. The molecule has 0 N–H and O–H groups in total. The Labute approximate surface area is 88.1 Å². The van der Waals surface area contributed by atoms with Gasteiger partial charge in [0.1, 0.15) is 0 Å². The molecule has 0 aromatic heterocycles. The Hall–Kier alpha value is -0.820. The van der Waals surface area contributed by atoms with Gasteiger partial charge in [-0.1, -0.05) is 46.3 Å². The largest absolute Gasteiger partial charge is 0.0877 e. The van der Waals surface area contributed by atoms with Crippen molar-refractivity contribution >= 4 is 21.5 Å². The highest BCUT2D eigenvalue weighted by molar-refractivity contribution is 9.10. The van der Waals surface area contributed by atoms with Crippen LogP contribution in [0, 0.1) is 0 Å². The molecule has 0 atom stereocenters. The zero-order valence-electron chi connectivity index (χ0n) is 7.92. The fourth-order valence-electron chi connectivity index (χ4n) is 1.07. The first-order chi connectivity index (χ1) is 6.24. The molecule has 13 heavy (non-hydrogen) atoms. The van der Waals surface area contributed by atoms with E-state index in [-0.39, 0.29) is 0 Å². The lowest BCUT2D eigenvalue weighted by Gasteiger charge is -2.00. The van der Waals surface area contributed by atoms with E-state index in [1.165, 1.54) is 11.1 Å². The standard InChI is InChI=1S/C12H13Br/c1-3-4-6-10(2)11-7-5-8-12(13)9-11/h3-9H,1-2H3/b4-3-,10-6+. The van der Waals surface area contributed by atoms with Crippen LogP contribution in [-0.2, 0) is 0 Å². The van der Waals surface area contributed by atoms with Gasteiger partial charge in [-0.25, -0.2) is 0 Å². The summed E-state index contributed by atoms with van der Waals surface area (Å²) in [5.74, 6) is 0. The monoisotopic (exact) mass is 236 g/mol. The first kappa shape index (κ1) is 10.3. The van der Waals surface area contributed by atoms with E-state index in [4.69, 9.17) is 0 Å². The van der Waals surface area contributed by atoms with Crippen molar-refractivity contribution in [2.45, 2.75) is 13.8 Å². The maximum absolute atomic E-state index is 3.45. The normalized spacial score (nSPS) is 12.4. The van der Waals surface area contributed by atoms with Crippen LogP contribution < -0.4 is 0 Å². The van der Waals surface area contributed by atoms with Crippen LogP contribution >= 0.6 is 15.9 Å². The lowest BCUT2D eigenvalue weighted by molar-refractivity contribution is 1.54. The summed E-state index contributed by atoms with van der Waals surface area (Å²) in [4.78, 5) is 0. The quantitative estimate of drug-likeness (QED) is 0.667. The van der Waals surface area contributed by atoms with Crippen molar-refractivity contribution in [3.05, 3.63) is 52.5 Å². The van der Waals surface area contributed by atoms with Gasteiger partial charge >= 0.3 is 0 Å². The minimum atomic E-state index is 1.12. The minimum Gasteiger partial charge on any atom is -0.0877 e. The van der Waals surface area contributed by atoms with Gasteiger partial charge in [0.15, 0.2) is 0 Å². The summed E-state index contributed by atoms with van der Waals surface area (Å²) >= 11 is 3.45. The van der Waals surface area contributed by atoms with Crippen molar-refractivity contribution in [3.63, 3.8) is 0 Å². The van der Waals surface area contributed by atoms with Crippen molar-refractivity contribution in [1.82, 2.24) is 0 Å². The molecule has 1 rings (SSSR count). The predicted octanol–water partition coefficient (Wildman–Crippen LogP) is 4.43. The highest BCUT2D eigenvalue weighted by Gasteiger charge is 1.93. The maximum Gasteiger partial charge on any atom is 0.0181 e. The molecule has 0 heterocycles. The summed E-state index contributed by atoms with van der Waals surface area (Å²) in [6, 6.07) is 8.31. The molecule has 0 fully saturated rings. The topological polar surface area (TPSA) is 0 Å². The predicted molar refractivity (Wildman–Crippen MR) is 62.6 cm³/mol. The van der Waals surface area contributed by atoms with Gasteiger partial charge in [0.2, 0.25) is 0 Å². The number of halogens is 1. The molecule has 0 amide bonds. The van der Waals surface area contributed by atoms with Crippen LogP contribution in [0.3, 0.4) is 0 Å². The molecule has 0 nitrogen and oxygen atoms in total. The van der Waals surface area contributed by atoms with Crippen LogP contribution in [0.25, 0.3) is 5.57 Å². The second-order valence-corrected chi connectivity index (χ2v) is 3.80. The third-order valence-electron chi connectivity index (χ3n) is 1.82. The molecule has 0 saturated heterocycles. The van der Waals surface area contributed by atoms with Crippen LogP contribution in [0.5, 0.6) is 0 Å². The fourth-order valence-corrected chi connectivity index (χ4v) is 1.47. The summed E-state index contributed by atoms with van der Waals surface area (Å²) in [6.07, 6.45) is 6.19. The molecule has 0 radical (unpaired) electrons. The summed E-state index contributed by atoms with van der Waals surface area (Å²) in [7, 11) is 0. The van der Waals surface area contributed by atoms with Crippen LogP contribution in [0.2, 0.25) is 0 Å². The fraction of sp³-hybridized carbons (Fsp3) is 0.167. The van der Waals surface area contributed by atoms with E-state index in [2.05, 4.69) is 47.1 Å². The van der Waals surface area contributed by atoms with E-state index >= 15 is 0 Å². The highest BCUT2D eigenvalue weighted by atomic mass is 79.9. The zero-order chi connectivity index (χ0) is 9.68. The molecule has 0 unspecified atom stereocenters. The number of hydrogen-bond donors (Lipinski definition) is 0. The molecule has 0 aliphatic rings. The SMILES string of the molecule is C/C=C\C=C(/C)c1cccc(Br)c1. The maximum atomic E-state index is 3.45. The Bertz CT molecular complexity index is 335. The molecular formula is C12H13Br. The summed E-state index contributed by atoms with van der Waals surface area (Å²) < 4.78 is 1.12. The molecule has 1 aromatic carbocycles. The van der Waals surface area contributed by atoms with Gasteiger partial charge in [0, 0.05) is 4.47 Å². The van der Waals surface area contributed by atoms with Gasteiger partial charge in [-0.3, -0.25) is 0 Å². The van der Waals surface area contributed by atoms with Gasteiger partial charge in [-0.15, -0.1) is 0 Å². The molecule has 0 spiro atoms. The van der Waals surface area contributed by atoms with Gasteiger partial charge in [-0.2, -0.15) is 0 Å². The van der Waals surface area contributed by atoms with Gasteiger partial charge in [0.25, 0.3) is 0 Å². The van der Waals surface area contributed by atoms with Crippen LogP contribution in [0.1, 0.15) is 19.4 Å². The van der Waals surface area contributed by atoms with Crippen molar-refractivity contribution < 1.29 is 0 Å². The van der Waals surface area contributed by atoms with E-state index in [0.717, 1.165) is 4.47 Å². The summed E-state index contributed by atoms with van der Waals surface area (Å²) in [5.41, 5.74) is 2.53. The van der Waals surface area contributed by atoms with Crippen molar-refractivity contribution in [2.24, 2.45) is 0 Å². The Morgan fingerprint density at radius 1 is 1.38 bits per heavy atom. The number of hydrogen-bond acceptors (Lipinski definition) is 0. The van der Waals surface area contributed by atoms with Gasteiger partial charge in [-0.05, 0) is 37.1 Å². The van der Waals surface area contributed by atoms with Crippen molar-refractivity contribution in [3.8, 4) is 0 Å². The molecule has 1 heteroatoms. The van der Waals surface area contributed by atoms with Gasteiger partial charge < -0.3 is 0 Å². The first-order valence-corrected chi connectivity index (χ1v) is 5.09.